The Morgan fingerprint density at radius 3 is 2.61 bits per heavy atom. The smallest absolute Gasteiger partial charge is 0.208 e. The van der Waals surface area contributed by atoms with E-state index in [0.717, 1.165) is 25.7 Å². The van der Waals surface area contributed by atoms with Gasteiger partial charge in [0.15, 0.2) is 0 Å². The van der Waals surface area contributed by atoms with Crippen molar-refractivity contribution in [2.75, 3.05) is 0 Å². The third-order valence-corrected chi connectivity index (χ3v) is 4.89. The van der Waals surface area contributed by atoms with Gasteiger partial charge in [0.2, 0.25) is 10.0 Å². The van der Waals surface area contributed by atoms with Crippen LogP contribution in [0, 0.1) is 11.3 Å². The zero-order valence-corrected chi connectivity index (χ0v) is 11.3. The van der Waals surface area contributed by atoms with Crippen molar-refractivity contribution in [1.82, 2.24) is 4.72 Å². The summed E-state index contributed by atoms with van der Waals surface area (Å²) in [4.78, 5) is 0.0929. The molecule has 0 unspecified atom stereocenters. The molecule has 0 heterocycles. The van der Waals surface area contributed by atoms with Crippen molar-refractivity contribution in [3.63, 3.8) is 0 Å². The van der Waals surface area contributed by atoms with Crippen LogP contribution in [0.25, 0.3) is 0 Å². The predicted molar refractivity (Wildman–Crippen MR) is 68.7 cm³/mol. The molecule has 2 rings (SSSR count). The fourth-order valence-electron chi connectivity index (χ4n) is 2.09. The lowest BCUT2D eigenvalue weighted by atomic mass is 10.2. The van der Waals surface area contributed by atoms with Gasteiger partial charge < -0.3 is 0 Å². The van der Waals surface area contributed by atoms with Crippen LogP contribution in [0.3, 0.4) is 0 Å². The monoisotopic (exact) mass is 284 g/mol. The lowest BCUT2D eigenvalue weighted by molar-refractivity contribution is 0.552. The molecule has 0 amide bonds. The van der Waals surface area contributed by atoms with Crippen LogP contribution in [-0.2, 0) is 10.0 Å². The third kappa shape index (κ3) is 2.83. The maximum absolute atomic E-state index is 12.1. The van der Waals surface area contributed by atoms with Crippen LogP contribution >= 0.6 is 11.6 Å². The maximum Gasteiger partial charge on any atom is 0.240 e. The van der Waals surface area contributed by atoms with Crippen LogP contribution in [0.1, 0.15) is 31.2 Å². The highest BCUT2D eigenvalue weighted by atomic mass is 35.5. The topological polar surface area (TPSA) is 70.0 Å². The van der Waals surface area contributed by atoms with Gasteiger partial charge in [0, 0.05) is 6.04 Å². The van der Waals surface area contributed by atoms with Gasteiger partial charge in [-0.1, -0.05) is 24.4 Å². The number of nitriles is 1. The van der Waals surface area contributed by atoms with E-state index in [9.17, 15) is 8.42 Å². The average Bonchev–Trinajstić information content (AvgIpc) is 2.81. The van der Waals surface area contributed by atoms with E-state index in [0.29, 0.717) is 0 Å². The predicted octanol–water partition coefficient (Wildman–Crippen LogP) is 2.43. The molecule has 1 aromatic carbocycles. The summed E-state index contributed by atoms with van der Waals surface area (Å²) in [5.41, 5.74) is 0.172. The molecule has 1 saturated carbocycles. The van der Waals surface area contributed by atoms with Gasteiger partial charge >= 0.3 is 0 Å². The number of benzene rings is 1. The lowest BCUT2D eigenvalue weighted by Crippen LogP contribution is -2.32. The van der Waals surface area contributed by atoms with E-state index in [1.54, 1.807) is 0 Å². The molecule has 0 saturated heterocycles. The number of nitrogens with zero attached hydrogens (tertiary/aromatic N) is 1. The number of nitrogens with one attached hydrogen (secondary N) is 1. The first kappa shape index (κ1) is 13.3. The molecule has 6 heteroatoms. The maximum atomic E-state index is 12.1. The number of hydrogen-bond acceptors (Lipinski definition) is 3. The van der Waals surface area contributed by atoms with E-state index >= 15 is 0 Å². The molecular weight excluding hydrogens is 272 g/mol. The molecule has 0 bridgehead atoms. The van der Waals surface area contributed by atoms with Crippen molar-refractivity contribution in [2.45, 2.75) is 36.6 Å². The Kier molecular flexibility index (Phi) is 3.91. The van der Waals surface area contributed by atoms with Crippen LogP contribution in [-0.4, -0.2) is 14.5 Å². The molecule has 1 N–H and O–H groups in total. The zero-order chi connectivity index (χ0) is 13.2. The standard InChI is InChI=1S/C12H13ClN2O2S/c13-12-6-5-11(7-9(12)8-14)18(16,17)15-10-3-1-2-4-10/h5-7,10,15H,1-4H2. The molecule has 96 valence electrons. The minimum Gasteiger partial charge on any atom is -0.208 e. The zero-order valence-electron chi connectivity index (χ0n) is 9.69. The molecule has 0 aromatic heterocycles. The van der Waals surface area contributed by atoms with Gasteiger partial charge in [0.1, 0.15) is 6.07 Å². The Bertz CT molecular complexity index is 587. The first-order valence-electron chi connectivity index (χ1n) is 5.75. The minimum atomic E-state index is -3.55. The molecule has 0 spiro atoms. The average molecular weight is 285 g/mol. The van der Waals surface area contributed by atoms with Gasteiger partial charge in [-0.3, -0.25) is 0 Å². The summed E-state index contributed by atoms with van der Waals surface area (Å²) in [5.74, 6) is 0. The van der Waals surface area contributed by atoms with Crippen molar-refractivity contribution < 1.29 is 8.42 Å². The molecule has 4 nitrogen and oxygen atoms in total. The fourth-order valence-corrected chi connectivity index (χ4v) is 3.58. The van der Waals surface area contributed by atoms with Gasteiger partial charge in [-0.2, -0.15) is 5.26 Å². The van der Waals surface area contributed by atoms with Gasteiger partial charge in [-0.25, -0.2) is 13.1 Å². The largest absolute Gasteiger partial charge is 0.240 e. The van der Waals surface area contributed by atoms with Crippen molar-refractivity contribution in [1.29, 1.82) is 5.26 Å². The molecule has 0 radical (unpaired) electrons. The summed E-state index contributed by atoms with van der Waals surface area (Å²) < 4.78 is 26.9. The molecule has 0 atom stereocenters. The van der Waals surface area contributed by atoms with Crippen molar-refractivity contribution >= 4 is 21.6 Å². The Morgan fingerprint density at radius 1 is 1.33 bits per heavy atom. The van der Waals surface area contributed by atoms with Crippen LogP contribution in [0.4, 0.5) is 0 Å². The Morgan fingerprint density at radius 2 is 2.00 bits per heavy atom. The lowest BCUT2D eigenvalue weighted by Gasteiger charge is -2.12. The molecular formula is C12H13ClN2O2S. The van der Waals surface area contributed by atoms with Crippen LogP contribution in [0.2, 0.25) is 5.02 Å². The fraction of sp³-hybridized carbons (Fsp3) is 0.417. The first-order valence-corrected chi connectivity index (χ1v) is 7.61. The summed E-state index contributed by atoms with van der Waals surface area (Å²) in [5, 5.41) is 9.10. The molecule has 1 aliphatic carbocycles. The molecule has 1 aromatic rings. The Labute approximate surface area is 112 Å². The van der Waals surface area contributed by atoms with Crippen LogP contribution in [0.5, 0.6) is 0 Å². The van der Waals surface area contributed by atoms with E-state index in [-0.39, 0.29) is 21.5 Å². The van der Waals surface area contributed by atoms with Crippen LogP contribution < -0.4 is 4.72 Å². The van der Waals surface area contributed by atoms with Gasteiger partial charge in [0.25, 0.3) is 0 Å². The normalized spacial score (nSPS) is 16.7. The number of sulfonamides is 1. The van der Waals surface area contributed by atoms with E-state index in [2.05, 4.69) is 4.72 Å². The van der Waals surface area contributed by atoms with E-state index in [1.165, 1.54) is 18.2 Å². The van der Waals surface area contributed by atoms with Gasteiger partial charge in [-0.15, -0.1) is 0 Å². The van der Waals surface area contributed by atoms with E-state index < -0.39 is 10.0 Å². The second-order valence-electron chi connectivity index (χ2n) is 4.36. The summed E-state index contributed by atoms with van der Waals surface area (Å²) in [7, 11) is -3.55. The second-order valence-corrected chi connectivity index (χ2v) is 6.48. The highest BCUT2D eigenvalue weighted by molar-refractivity contribution is 7.89. The van der Waals surface area contributed by atoms with E-state index in [1.807, 2.05) is 6.07 Å². The summed E-state index contributed by atoms with van der Waals surface area (Å²) in [6, 6.07) is 6.04. The van der Waals surface area contributed by atoms with E-state index in [4.69, 9.17) is 16.9 Å². The van der Waals surface area contributed by atoms with Gasteiger partial charge in [0.05, 0.1) is 15.5 Å². The number of hydrogen-bond donors (Lipinski definition) is 1. The number of rotatable bonds is 3. The first-order chi connectivity index (χ1) is 8.53. The van der Waals surface area contributed by atoms with Gasteiger partial charge in [-0.05, 0) is 31.0 Å². The minimum absolute atomic E-state index is 0.0104. The summed E-state index contributed by atoms with van der Waals surface area (Å²) in [6.07, 6.45) is 3.85. The van der Waals surface area contributed by atoms with Crippen molar-refractivity contribution in [2.24, 2.45) is 0 Å². The molecule has 18 heavy (non-hydrogen) atoms. The molecule has 1 fully saturated rings. The number of halogens is 1. The Hall–Kier alpha value is -1.09. The summed E-state index contributed by atoms with van der Waals surface area (Å²) >= 11 is 5.78. The SMILES string of the molecule is N#Cc1cc(S(=O)(=O)NC2CCCC2)ccc1Cl. The molecule has 0 aliphatic heterocycles. The quantitative estimate of drug-likeness (QED) is 0.927. The van der Waals surface area contributed by atoms with Crippen molar-refractivity contribution in [3.8, 4) is 6.07 Å². The van der Waals surface area contributed by atoms with Crippen molar-refractivity contribution in [3.05, 3.63) is 28.8 Å². The highest BCUT2D eigenvalue weighted by Gasteiger charge is 2.23. The Balaban J connectivity index is 2.27. The summed E-state index contributed by atoms with van der Waals surface area (Å²) in [6.45, 7) is 0. The third-order valence-electron chi connectivity index (χ3n) is 3.05. The molecule has 1 aliphatic rings. The second kappa shape index (κ2) is 5.27. The van der Waals surface area contributed by atoms with Crippen LogP contribution in [0.15, 0.2) is 23.1 Å². The highest BCUT2D eigenvalue weighted by Crippen LogP contribution is 2.23.